The molecule has 0 unspecified atom stereocenters. The van der Waals surface area contributed by atoms with Crippen molar-refractivity contribution in [2.75, 3.05) is 53.4 Å². The molecule has 0 bridgehead atoms. The Morgan fingerprint density at radius 3 is 2.71 bits per heavy atom. The van der Waals surface area contributed by atoms with Crippen molar-refractivity contribution in [3.8, 4) is 0 Å². The first-order valence-corrected chi connectivity index (χ1v) is 5.78. The molecule has 0 aromatic rings. The predicted molar refractivity (Wildman–Crippen MR) is 59.5 cm³/mol. The highest BCUT2D eigenvalue weighted by Gasteiger charge is 2.42. The molecule has 2 aliphatic heterocycles. The van der Waals surface area contributed by atoms with Gasteiger partial charge >= 0.3 is 0 Å². The lowest BCUT2D eigenvalue weighted by Crippen LogP contribution is -2.62. The van der Waals surface area contributed by atoms with Gasteiger partial charge in [0.1, 0.15) is 0 Å². The molecule has 0 aromatic carbocycles. The van der Waals surface area contributed by atoms with E-state index in [-0.39, 0.29) is 0 Å². The van der Waals surface area contributed by atoms with Crippen molar-refractivity contribution in [1.29, 1.82) is 0 Å². The van der Waals surface area contributed by atoms with Crippen LogP contribution in [0.4, 0.5) is 0 Å². The standard InChI is InChI=1S/C11H23N3/c1-13(2)6-7-14-9-11(10-14)4-3-5-12-8-11/h12H,3-10H2,1-2H3. The number of piperidine rings is 1. The molecule has 0 amide bonds. The molecule has 2 rings (SSSR count). The lowest BCUT2D eigenvalue weighted by atomic mass is 9.74. The van der Waals surface area contributed by atoms with Crippen LogP contribution in [0.2, 0.25) is 0 Å². The molecule has 82 valence electrons. The molecule has 2 heterocycles. The molecule has 1 spiro atoms. The smallest absolute Gasteiger partial charge is 0.0110 e. The first-order valence-electron chi connectivity index (χ1n) is 5.78. The summed E-state index contributed by atoms with van der Waals surface area (Å²) in [6.45, 7) is 7.59. The Bertz CT molecular complexity index is 177. The highest BCUT2D eigenvalue weighted by atomic mass is 15.2. The van der Waals surface area contributed by atoms with E-state index in [1.165, 1.54) is 52.1 Å². The van der Waals surface area contributed by atoms with Crippen LogP contribution in [-0.2, 0) is 0 Å². The quantitative estimate of drug-likeness (QED) is 0.699. The molecule has 3 heteroatoms. The van der Waals surface area contributed by atoms with Crippen LogP contribution in [0.5, 0.6) is 0 Å². The molecule has 0 aliphatic carbocycles. The summed E-state index contributed by atoms with van der Waals surface area (Å²) >= 11 is 0. The predicted octanol–water partition coefficient (Wildman–Crippen LogP) is 0.233. The summed E-state index contributed by atoms with van der Waals surface area (Å²) in [5.74, 6) is 0. The van der Waals surface area contributed by atoms with Gasteiger partial charge in [0.2, 0.25) is 0 Å². The van der Waals surface area contributed by atoms with Crippen molar-refractivity contribution < 1.29 is 0 Å². The van der Waals surface area contributed by atoms with Crippen LogP contribution in [0.25, 0.3) is 0 Å². The molecular formula is C11H23N3. The Morgan fingerprint density at radius 2 is 2.14 bits per heavy atom. The Kier molecular flexibility index (Phi) is 3.10. The van der Waals surface area contributed by atoms with Gasteiger partial charge in [0.25, 0.3) is 0 Å². The van der Waals surface area contributed by atoms with Crippen LogP contribution in [-0.4, -0.2) is 63.2 Å². The molecule has 1 N–H and O–H groups in total. The molecule has 0 aromatic heterocycles. The fourth-order valence-electron chi connectivity index (χ4n) is 2.70. The maximum atomic E-state index is 3.53. The summed E-state index contributed by atoms with van der Waals surface area (Å²) in [5.41, 5.74) is 0.657. The second-order valence-corrected chi connectivity index (χ2v) is 5.29. The van der Waals surface area contributed by atoms with Crippen molar-refractivity contribution in [2.45, 2.75) is 12.8 Å². The van der Waals surface area contributed by atoms with Gasteiger partial charge in [-0.3, -0.25) is 0 Å². The van der Waals surface area contributed by atoms with E-state index >= 15 is 0 Å². The maximum absolute atomic E-state index is 3.53. The first-order chi connectivity index (χ1) is 6.70. The summed E-state index contributed by atoms with van der Waals surface area (Å²) in [6.07, 6.45) is 2.82. The van der Waals surface area contributed by atoms with Crippen molar-refractivity contribution in [1.82, 2.24) is 15.1 Å². The number of likely N-dealkylation sites (tertiary alicyclic amines) is 1. The molecule has 0 radical (unpaired) electrons. The number of nitrogens with zero attached hydrogens (tertiary/aromatic N) is 2. The van der Waals surface area contributed by atoms with Crippen LogP contribution < -0.4 is 5.32 Å². The Hall–Kier alpha value is -0.120. The van der Waals surface area contributed by atoms with Gasteiger partial charge in [-0.1, -0.05) is 0 Å². The lowest BCUT2D eigenvalue weighted by molar-refractivity contribution is -0.0197. The second-order valence-electron chi connectivity index (χ2n) is 5.29. The van der Waals surface area contributed by atoms with Crippen molar-refractivity contribution >= 4 is 0 Å². The minimum Gasteiger partial charge on any atom is -0.316 e. The van der Waals surface area contributed by atoms with Crippen LogP contribution in [0, 0.1) is 5.41 Å². The van der Waals surface area contributed by atoms with Gasteiger partial charge in [0, 0.05) is 38.1 Å². The highest BCUT2D eigenvalue weighted by molar-refractivity contribution is 4.98. The molecule has 2 fully saturated rings. The van der Waals surface area contributed by atoms with Crippen LogP contribution in [0.3, 0.4) is 0 Å². The van der Waals surface area contributed by atoms with Gasteiger partial charge in [-0.05, 0) is 33.5 Å². The van der Waals surface area contributed by atoms with E-state index in [1.54, 1.807) is 0 Å². The summed E-state index contributed by atoms with van der Waals surface area (Å²) < 4.78 is 0. The van der Waals surface area contributed by atoms with E-state index < -0.39 is 0 Å². The van der Waals surface area contributed by atoms with E-state index in [0.29, 0.717) is 5.41 Å². The number of rotatable bonds is 3. The minimum absolute atomic E-state index is 0.657. The van der Waals surface area contributed by atoms with Crippen molar-refractivity contribution in [3.05, 3.63) is 0 Å². The number of hydrogen-bond acceptors (Lipinski definition) is 3. The minimum atomic E-state index is 0.657. The zero-order valence-corrected chi connectivity index (χ0v) is 9.55. The number of hydrogen-bond donors (Lipinski definition) is 1. The lowest BCUT2D eigenvalue weighted by Gasteiger charge is -2.52. The molecule has 0 saturated carbocycles. The Labute approximate surface area is 87.4 Å². The van der Waals surface area contributed by atoms with Crippen molar-refractivity contribution in [2.24, 2.45) is 5.41 Å². The van der Waals surface area contributed by atoms with Gasteiger partial charge in [-0.15, -0.1) is 0 Å². The third-order valence-corrected chi connectivity index (χ3v) is 3.54. The summed E-state index contributed by atoms with van der Waals surface area (Å²) in [7, 11) is 4.30. The Balaban J connectivity index is 1.67. The fraction of sp³-hybridized carbons (Fsp3) is 1.00. The topological polar surface area (TPSA) is 18.5 Å². The average Bonchev–Trinajstić information content (AvgIpc) is 2.12. The Morgan fingerprint density at radius 1 is 1.36 bits per heavy atom. The van der Waals surface area contributed by atoms with Gasteiger partial charge in [-0.25, -0.2) is 0 Å². The van der Waals surface area contributed by atoms with Gasteiger partial charge < -0.3 is 15.1 Å². The monoisotopic (exact) mass is 197 g/mol. The summed E-state index contributed by atoms with van der Waals surface area (Å²) in [6, 6.07) is 0. The largest absolute Gasteiger partial charge is 0.316 e. The molecule has 2 aliphatic rings. The van der Waals surface area contributed by atoms with E-state index in [2.05, 4.69) is 29.2 Å². The molecular weight excluding hydrogens is 174 g/mol. The normalized spacial score (nSPS) is 26.8. The van der Waals surface area contributed by atoms with E-state index in [0.717, 1.165) is 0 Å². The number of nitrogens with one attached hydrogen (secondary N) is 1. The molecule has 2 saturated heterocycles. The van der Waals surface area contributed by atoms with Crippen LogP contribution in [0.1, 0.15) is 12.8 Å². The SMILES string of the molecule is CN(C)CCN1CC2(CCCNC2)C1. The average molecular weight is 197 g/mol. The summed E-state index contributed by atoms with van der Waals surface area (Å²) in [5, 5.41) is 3.53. The first kappa shape index (κ1) is 10.4. The van der Waals surface area contributed by atoms with Gasteiger partial charge in [0.15, 0.2) is 0 Å². The van der Waals surface area contributed by atoms with Gasteiger partial charge in [0.05, 0.1) is 0 Å². The second kappa shape index (κ2) is 4.17. The third kappa shape index (κ3) is 2.27. The maximum Gasteiger partial charge on any atom is 0.0110 e. The molecule has 3 nitrogen and oxygen atoms in total. The van der Waals surface area contributed by atoms with Gasteiger partial charge in [-0.2, -0.15) is 0 Å². The van der Waals surface area contributed by atoms with E-state index in [9.17, 15) is 0 Å². The highest BCUT2D eigenvalue weighted by Crippen LogP contribution is 2.35. The van der Waals surface area contributed by atoms with Crippen LogP contribution >= 0.6 is 0 Å². The third-order valence-electron chi connectivity index (χ3n) is 3.54. The summed E-state index contributed by atoms with van der Waals surface area (Å²) in [4.78, 5) is 4.86. The van der Waals surface area contributed by atoms with E-state index in [4.69, 9.17) is 0 Å². The van der Waals surface area contributed by atoms with Crippen molar-refractivity contribution in [3.63, 3.8) is 0 Å². The zero-order valence-electron chi connectivity index (χ0n) is 9.55. The zero-order chi connectivity index (χ0) is 10.0. The number of likely N-dealkylation sites (N-methyl/N-ethyl adjacent to an activating group) is 1. The van der Waals surface area contributed by atoms with Crippen LogP contribution in [0.15, 0.2) is 0 Å². The fourth-order valence-corrected chi connectivity index (χ4v) is 2.70. The molecule has 0 atom stereocenters. The van der Waals surface area contributed by atoms with E-state index in [1.807, 2.05) is 0 Å². The molecule has 14 heavy (non-hydrogen) atoms.